The highest BCUT2D eigenvalue weighted by Crippen LogP contribution is 2.28. The van der Waals surface area contributed by atoms with Gasteiger partial charge in [0.1, 0.15) is 11.4 Å². The Hall–Kier alpha value is -3.93. The van der Waals surface area contributed by atoms with E-state index in [4.69, 9.17) is 4.74 Å². The van der Waals surface area contributed by atoms with Gasteiger partial charge in [0, 0.05) is 5.56 Å². The summed E-state index contributed by atoms with van der Waals surface area (Å²) in [4.78, 5) is 13.2. The molecule has 5 rings (SSSR count). The number of carbonyl (C=O) groups is 1. The van der Waals surface area contributed by atoms with Crippen LogP contribution in [-0.4, -0.2) is 27.5 Å². The fourth-order valence-electron chi connectivity index (χ4n) is 4.41. The van der Waals surface area contributed by atoms with Gasteiger partial charge in [-0.25, -0.2) is 4.68 Å². The predicted molar refractivity (Wildman–Crippen MR) is 140 cm³/mol. The Morgan fingerprint density at radius 2 is 1.67 bits per heavy atom. The van der Waals surface area contributed by atoms with Crippen molar-refractivity contribution in [3.05, 3.63) is 102 Å². The second kappa shape index (κ2) is 11.2. The molecule has 0 saturated heterocycles. The fraction of sp³-hybridized carbons (Fsp3) is 0.300. The lowest BCUT2D eigenvalue weighted by atomic mass is 9.86. The minimum absolute atomic E-state index is 0.0279. The van der Waals surface area contributed by atoms with Crippen LogP contribution in [0.1, 0.15) is 49.3 Å². The molecule has 1 amide bonds. The Morgan fingerprint density at radius 3 is 2.33 bits per heavy atom. The number of hydrogen-bond acceptors (Lipinski definition) is 4. The molecule has 2 atom stereocenters. The standard InChI is InChI=1S/C30H32N4O2/c1-22(24-11-4-2-5-12-24)30(35)31-28(19-34-20-29(32-33-34)25-13-6-3-7-14-25)26-15-17-27(18-16-26)36-21-23-9-8-10-23/h2-7,11-18,20,22-23,28H,8-10,19,21H2,1H3,(H,31,35)/t22-,28-/m0/s1. The van der Waals surface area contributed by atoms with Crippen molar-refractivity contribution < 1.29 is 9.53 Å². The lowest BCUT2D eigenvalue weighted by Gasteiger charge is -2.25. The number of ether oxygens (including phenoxy) is 1. The highest BCUT2D eigenvalue weighted by molar-refractivity contribution is 5.83. The summed E-state index contributed by atoms with van der Waals surface area (Å²) in [7, 11) is 0. The van der Waals surface area contributed by atoms with Gasteiger partial charge in [0.15, 0.2) is 0 Å². The van der Waals surface area contributed by atoms with E-state index < -0.39 is 0 Å². The maximum atomic E-state index is 13.2. The molecule has 0 bridgehead atoms. The second-order valence-corrected chi connectivity index (χ2v) is 9.56. The Kier molecular flexibility index (Phi) is 7.41. The van der Waals surface area contributed by atoms with E-state index in [-0.39, 0.29) is 17.9 Å². The molecule has 0 spiro atoms. The Balaban J connectivity index is 1.33. The minimum Gasteiger partial charge on any atom is -0.493 e. The lowest BCUT2D eigenvalue weighted by Crippen LogP contribution is -2.34. The summed E-state index contributed by atoms with van der Waals surface area (Å²) in [5, 5.41) is 11.9. The maximum absolute atomic E-state index is 13.2. The summed E-state index contributed by atoms with van der Waals surface area (Å²) < 4.78 is 7.77. The van der Waals surface area contributed by atoms with Crippen molar-refractivity contribution in [2.24, 2.45) is 5.92 Å². The van der Waals surface area contributed by atoms with Gasteiger partial charge in [-0.1, -0.05) is 84.4 Å². The van der Waals surface area contributed by atoms with Crippen molar-refractivity contribution in [1.82, 2.24) is 20.3 Å². The summed E-state index contributed by atoms with van der Waals surface area (Å²) >= 11 is 0. The highest BCUT2D eigenvalue weighted by Gasteiger charge is 2.22. The van der Waals surface area contributed by atoms with Crippen LogP contribution in [0.25, 0.3) is 11.3 Å². The van der Waals surface area contributed by atoms with Gasteiger partial charge in [-0.05, 0) is 48.9 Å². The van der Waals surface area contributed by atoms with Crippen molar-refractivity contribution in [1.29, 1.82) is 0 Å². The van der Waals surface area contributed by atoms with E-state index in [0.717, 1.165) is 34.7 Å². The quantitative estimate of drug-likeness (QED) is 0.312. The van der Waals surface area contributed by atoms with Crippen molar-refractivity contribution in [3.63, 3.8) is 0 Å². The van der Waals surface area contributed by atoms with E-state index in [1.54, 1.807) is 4.68 Å². The molecule has 1 aromatic heterocycles. The number of nitrogens with one attached hydrogen (secondary N) is 1. The molecule has 6 nitrogen and oxygen atoms in total. The number of nitrogens with zero attached hydrogens (tertiary/aromatic N) is 3. The van der Waals surface area contributed by atoms with E-state index in [9.17, 15) is 4.79 Å². The third-order valence-corrected chi connectivity index (χ3v) is 6.98. The SMILES string of the molecule is C[C@H](C(=O)N[C@@H](Cn1cc(-c2ccccc2)nn1)c1ccc(OCC2CCC2)cc1)c1ccccc1. The van der Waals surface area contributed by atoms with Crippen LogP contribution in [0.3, 0.4) is 0 Å². The van der Waals surface area contributed by atoms with Gasteiger partial charge in [-0.15, -0.1) is 5.10 Å². The summed E-state index contributed by atoms with van der Waals surface area (Å²) in [6.45, 7) is 3.17. The lowest BCUT2D eigenvalue weighted by molar-refractivity contribution is -0.123. The van der Waals surface area contributed by atoms with E-state index in [0.29, 0.717) is 12.5 Å². The Bertz CT molecular complexity index is 1250. The average Bonchev–Trinajstić information content (AvgIpc) is 3.37. The molecule has 6 heteroatoms. The van der Waals surface area contributed by atoms with Crippen LogP contribution >= 0.6 is 0 Å². The molecule has 1 fully saturated rings. The summed E-state index contributed by atoms with van der Waals surface area (Å²) in [5.74, 6) is 1.25. The number of rotatable bonds is 10. The molecule has 1 heterocycles. The van der Waals surface area contributed by atoms with Crippen LogP contribution in [-0.2, 0) is 11.3 Å². The van der Waals surface area contributed by atoms with Gasteiger partial charge in [-0.3, -0.25) is 4.79 Å². The predicted octanol–water partition coefficient (Wildman–Crippen LogP) is 5.79. The minimum atomic E-state index is -0.269. The van der Waals surface area contributed by atoms with Crippen LogP contribution in [0.5, 0.6) is 5.75 Å². The Morgan fingerprint density at radius 1 is 0.972 bits per heavy atom. The van der Waals surface area contributed by atoms with Gasteiger partial charge >= 0.3 is 0 Å². The van der Waals surface area contributed by atoms with Crippen LogP contribution < -0.4 is 10.1 Å². The number of amides is 1. The Labute approximate surface area is 212 Å². The number of benzene rings is 3. The van der Waals surface area contributed by atoms with E-state index in [1.807, 2.05) is 98.0 Å². The highest BCUT2D eigenvalue weighted by atomic mass is 16.5. The molecule has 1 saturated carbocycles. The van der Waals surface area contributed by atoms with Gasteiger partial charge < -0.3 is 10.1 Å². The molecule has 1 aliphatic carbocycles. The first kappa shape index (κ1) is 23.8. The molecular formula is C30H32N4O2. The largest absolute Gasteiger partial charge is 0.493 e. The molecule has 0 aliphatic heterocycles. The van der Waals surface area contributed by atoms with Crippen molar-refractivity contribution >= 4 is 5.91 Å². The van der Waals surface area contributed by atoms with Crippen molar-refractivity contribution in [3.8, 4) is 17.0 Å². The molecule has 0 radical (unpaired) electrons. The zero-order valence-electron chi connectivity index (χ0n) is 20.6. The number of hydrogen-bond donors (Lipinski definition) is 1. The average molecular weight is 481 g/mol. The number of aromatic nitrogens is 3. The molecule has 184 valence electrons. The monoisotopic (exact) mass is 480 g/mol. The van der Waals surface area contributed by atoms with Crippen molar-refractivity contribution in [2.75, 3.05) is 6.61 Å². The maximum Gasteiger partial charge on any atom is 0.227 e. The summed E-state index contributed by atoms with van der Waals surface area (Å²) in [6, 6.07) is 27.6. The van der Waals surface area contributed by atoms with Crippen LogP contribution in [0.2, 0.25) is 0 Å². The van der Waals surface area contributed by atoms with E-state index in [1.165, 1.54) is 19.3 Å². The first-order valence-corrected chi connectivity index (χ1v) is 12.7. The topological polar surface area (TPSA) is 69.0 Å². The third-order valence-electron chi connectivity index (χ3n) is 6.98. The molecular weight excluding hydrogens is 448 g/mol. The van der Waals surface area contributed by atoms with Gasteiger partial charge in [0.05, 0.1) is 31.3 Å². The molecule has 36 heavy (non-hydrogen) atoms. The first-order valence-electron chi connectivity index (χ1n) is 12.7. The molecule has 1 aliphatic rings. The first-order chi connectivity index (χ1) is 17.7. The molecule has 4 aromatic rings. The van der Waals surface area contributed by atoms with Gasteiger partial charge in [0.25, 0.3) is 0 Å². The number of carbonyl (C=O) groups excluding carboxylic acids is 1. The smallest absolute Gasteiger partial charge is 0.227 e. The normalized spacial score (nSPS) is 15.0. The van der Waals surface area contributed by atoms with Crippen LogP contribution in [0, 0.1) is 5.92 Å². The second-order valence-electron chi connectivity index (χ2n) is 9.56. The summed E-state index contributed by atoms with van der Waals surface area (Å²) in [6.07, 6.45) is 5.75. The van der Waals surface area contributed by atoms with E-state index in [2.05, 4.69) is 15.6 Å². The van der Waals surface area contributed by atoms with Crippen molar-refractivity contribution in [2.45, 2.75) is 44.7 Å². The molecule has 0 unspecified atom stereocenters. The molecule has 3 aromatic carbocycles. The van der Waals surface area contributed by atoms with Gasteiger partial charge in [-0.2, -0.15) is 0 Å². The molecule has 1 N–H and O–H groups in total. The van der Waals surface area contributed by atoms with E-state index >= 15 is 0 Å². The fourth-order valence-corrected chi connectivity index (χ4v) is 4.41. The van der Waals surface area contributed by atoms with Crippen LogP contribution in [0.15, 0.2) is 91.1 Å². The van der Waals surface area contributed by atoms with Crippen LogP contribution in [0.4, 0.5) is 0 Å². The van der Waals surface area contributed by atoms with Gasteiger partial charge in [0.2, 0.25) is 5.91 Å². The zero-order valence-corrected chi connectivity index (χ0v) is 20.6. The summed E-state index contributed by atoms with van der Waals surface area (Å²) in [5.41, 5.74) is 3.80. The third kappa shape index (κ3) is 5.82. The zero-order chi connectivity index (χ0) is 24.7.